The van der Waals surface area contributed by atoms with Gasteiger partial charge < -0.3 is 15.6 Å². The van der Waals surface area contributed by atoms with Crippen molar-refractivity contribution < 1.29 is 4.52 Å². The third kappa shape index (κ3) is 2.08. The van der Waals surface area contributed by atoms with Crippen molar-refractivity contribution in [1.29, 1.82) is 0 Å². The molecule has 0 bridgehead atoms. The zero-order valence-corrected chi connectivity index (χ0v) is 9.50. The third-order valence-corrected chi connectivity index (χ3v) is 2.55. The summed E-state index contributed by atoms with van der Waals surface area (Å²) < 4.78 is 4.65. The lowest BCUT2D eigenvalue weighted by Crippen LogP contribution is -2.02. The summed E-state index contributed by atoms with van der Waals surface area (Å²) in [5, 5.41) is 7.85. The van der Waals surface area contributed by atoms with Crippen LogP contribution in [0.15, 0.2) is 41.2 Å². The van der Waals surface area contributed by atoms with Gasteiger partial charge >= 0.3 is 0 Å². The molecule has 90 valence electrons. The molecule has 0 atom stereocenters. The van der Waals surface area contributed by atoms with Gasteiger partial charge in [-0.2, -0.15) is 4.98 Å². The van der Waals surface area contributed by atoms with Gasteiger partial charge in [-0.25, -0.2) is 4.98 Å². The van der Waals surface area contributed by atoms with E-state index in [0.717, 1.165) is 22.4 Å². The van der Waals surface area contributed by atoms with Crippen molar-refractivity contribution in [1.82, 2.24) is 15.1 Å². The minimum atomic E-state index is 0.476. The molecule has 6 nitrogen and oxygen atoms in total. The van der Waals surface area contributed by atoms with Crippen LogP contribution in [-0.4, -0.2) is 15.1 Å². The van der Waals surface area contributed by atoms with Crippen LogP contribution in [-0.2, 0) is 6.54 Å². The Balaban J connectivity index is 1.82. The van der Waals surface area contributed by atoms with Crippen molar-refractivity contribution in [3.63, 3.8) is 0 Å². The second-order valence-corrected chi connectivity index (χ2v) is 3.85. The lowest BCUT2D eigenvalue weighted by atomic mass is 10.2. The van der Waals surface area contributed by atoms with Gasteiger partial charge in [-0.15, -0.1) is 0 Å². The van der Waals surface area contributed by atoms with Crippen molar-refractivity contribution in [3.05, 3.63) is 42.5 Å². The van der Waals surface area contributed by atoms with Gasteiger partial charge in [0.2, 0.25) is 6.39 Å². The van der Waals surface area contributed by atoms with Gasteiger partial charge in [-0.05, 0) is 30.3 Å². The van der Waals surface area contributed by atoms with Crippen molar-refractivity contribution in [2.75, 3.05) is 11.1 Å². The van der Waals surface area contributed by atoms with Crippen LogP contribution in [0.1, 0.15) is 5.82 Å². The number of hydrogen-bond acceptors (Lipinski definition) is 6. The van der Waals surface area contributed by atoms with E-state index < -0.39 is 0 Å². The van der Waals surface area contributed by atoms with Crippen LogP contribution in [0.5, 0.6) is 0 Å². The first-order chi connectivity index (χ1) is 8.81. The molecule has 2 heterocycles. The standard InChI is InChI=1S/C12H11N5O/c13-9-2-3-10-8(5-9)1-4-11(16-10)14-6-12-15-7-18-17-12/h1-5,7H,6,13H2,(H,14,16). The molecule has 0 aliphatic carbocycles. The number of nitrogens with one attached hydrogen (secondary N) is 1. The van der Waals surface area contributed by atoms with Crippen molar-refractivity contribution in [2.24, 2.45) is 0 Å². The fourth-order valence-electron chi connectivity index (χ4n) is 1.68. The molecule has 0 aliphatic rings. The minimum Gasteiger partial charge on any atom is -0.399 e. The Morgan fingerprint density at radius 2 is 2.17 bits per heavy atom. The van der Waals surface area contributed by atoms with Gasteiger partial charge in [0, 0.05) is 11.1 Å². The number of nitrogens with two attached hydrogens (primary N) is 1. The first-order valence-corrected chi connectivity index (χ1v) is 5.47. The number of fused-ring (bicyclic) bond motifs is 1. The van der Waals surface area contributed by atoms with E-state index in [1.807, 2.05) is 30.3 Å². The van der Waals surface area contributed by atoms with Gasteiger partial charge in [0.25, 0.3) is 0 Å². The van der Waals surface area contributed by atoms with E-state index in [4.69, 9.17) is 5.73 Å². The molecule has 3 N–H and O–H groups in total. The van der Waals surface area contributed by atoms with Crippen LogP contribution in [0, 0.1) is 0 Å². The largest absolute Gasteiger partial charge is 0.399 e. The Bertz CT molecular complexity index is 665. The molecule has 0 radical (unpaired) electrons. The maximum absolute atomic E-state index is 5.71. The number of pyridine rings is 1. The van der Waals surface area contributed by atoms with E-state index in [2.05, 4.69) is 25.0 Å². The molecular formula is C12H11N5O. The Labute approximate surface area is 103 Å². The number of anilines is 2. The summed E-state index contributed by atoms with van der Waals surface area (Å²) in [6.45, 7) is 0.476. The van der Waals surface area contributed by atoms with Crippen molar-refractivity contribution >= 4 is 22.4 Å². The summed E-state index contributed by atoms with van der Waals surface area (Å²) >= 11 is 0. The zero-order chi connectivity index (χ0) is 12.4. The molecule has 1 aromatic carbocycles. The average molecular weight is 241 g/mol. The lowest BCUT2D eigenvalue weighted by molar-refractivity contribution is 0.411. The maximum atomic E-state index is 5.71. The van der Waals surface area contributed by atoms with E-state index in [0.29, 0.717) is 12.4 Å². The highest BCUT2D eigenvalue weighted by Gasteiger charge is 2.01. The smallest absolute Gasteiger partial charge is 0.213 e. The van der Waals surface area contributed by atoms with Crippen LogP contribution in [0.3, 0.4) is 0 Å². The molecule has 0 fully saturated rings. The van der Waals surface area contributed by atoms with Crippen LogP contribution in [0.4, 0.5) is 11.5 Å². The third-order valence-electron chi connectivity index (χ3n) is 2.55. The normalized spacial score (nSPS) is 10.7. The first-order valence-electron chi connectivity index (χ1n) is 5.47. The monoisotopic (exact) mass is 241 g/mol. The number of nitrogens with zero attached hydrogens (tertiary/aromatic N) is 3. The minimum absolute atomic E-state index is 0.476. The molecule has 0 spiro atoms. The van der Waals surface area contributed by atoms with E-state index in [9.17, 15) is 0 Å². The highest BCUT2D eigenvalue weighted by molar-refractivity contribution is 5.83. The first kappa shape index (κ1) is 10.5. The predicted molar refractivity (Wildman–Crippen MR) is 67.8 cm³/mol. The molecule has 3 rings (SSSR count). The van der Waals surface area contributed by atoms with Crippen molar-refractivity contribution in [3.8, 4) is 0 Å². The van der Waals surface area contributed by atoms with Gasteiger partial charge in [0.1, 0.15) is 5.82 Å². The lowest BCUT2D eigenvalue weighted by Gasteiger charge is -2.04. The molecule has 0 aliphatic heterocycles. The zero-order valence-electron chi connectivity index (χ0n) is 9.50. The second-order valence-electron chi connectivity index (χ2n) is 3.85. The molecule has 0 saturated heterocycles. The molecule has 0 unspecified atom stereocenters. The summed E-state index contributed by atoms with van der Waals surface area (Å²) in [5.74, 6) is 1.35. The van der Waals surface area contributed by atoms with E-state index >= 15 is 0 Å². The second kappa shape index (κ2) is 4.33. The van der Waals surface area contributed by atoms with Crippen LogP contribution >= 0.6 is 0 Å². The van der Waals surface area contributed by atoms with E-state index in [1.54, 1.807) is 0 Å². The Hall–Kier alpha value is -2.63. The average Bonchev–Trinajstić information content (AvgIpc) is 2.89. The van der Waals surface area contributed by atoms with Crippen LogP contribution in [0.2, 0.25) is 0 Å². The molecule has 6 heteroatoms. The van der Waals surface area contributed by atoms with Crippen LogP contribution < -0.4 is 11.1 Å². The molecule has 3 aromatic rings. The summed E-state index contributed by atoms with van der Waals surface area (Å²) in [6.07, 6.45) is 1.30. The maximum Gasteiger partial charge on any atom is 0.213 e. The van der Waals surface area contributed by atoms with Gasteiger partial charge in [0.05, 0.1) is 12.1 Å². The molecule has 0 saturated carbocycles. The highest BCUT2D eigenvalue weighted by Crippen LogP contribution is 2.18. The Morgan fingerprint density at radius 3 is 3.00 bits per heavy atom. The number of hydrogen-bond donors (Lipinski definition) is 2. The fourth-order valence-corrected chi connectivity index (χ4v) is 1.68. The molecule has 0 amide bonds. The molecule has 2 aromatic heterocycles. The fraction of sp³-hybridized carbons (Fsp3) is 0.0833. The van der Waals surface area contributed by atoms with Gasteiger partial charge in [0.15, 0.2) is 5.82 Å². The van der Waals surface area contributed by atoms with E-state index in [1.165, 1.54) is 6.39 Å². The molecular weight excluding hydrogens is 230 g/mol. The Morgan fingerprint density at radius 1 is 1.22 bits per heavy atom. The predicted octanol–water partition coefficient (Wildman–Crippen LogP) is 1.81. The number of nitrogen functional groups attached to an aromatic ring is 1. The van der Waals surface area contributed by atoms with Crippen LogP contribution in [0.25, 0.3) is 10.9 Å². The van der Waals surface area contributed by atoms with Crippen molar-refractivity contribution in [2.45, 2.75) is 6.54 Å². The highest BCUT2D eigenvalue weighted by atomic mass is 16.5. The Kier molecular flexibility index (Phi) is 2.53. The molecule has 18 heavy (non-hydrogen) atoms. The topological polar surface area (TPSA) is 89.9 Å². The number of aromatic nitrogens is 3. The summed E-state index contributed by atoms with van der Waals surface area (Å²) in [6, 6.07) is 9.48. The SMILES string of the molecule is Nc1ccc2nc(NCc3ncon3)ccc2c1. The summed E-state index contributed by atoms with van der Waals surface area (Å²) in [7, 11) is 0. The summed E-state index contributed by atoms with van der Waals surface area (Å²) in [4.78, 5) is 8.38. The van der Waals surface area contributed by atoms with E-state index in [-0.39, 0.29) is 0 Å². The number of benzene rings is 1. The quantitative estimate of drug-likeness (QED) is 0.680. The number of rotatable bonds is 3. The van der Waals surface area contributed by atoms with Gasteiger partial charge in [-0.1, -0.05) is 5.16 Å². The van der Waals surface area contributed by atoms with Gasteiger partial charge in [-0.3, -0.25) is 0 Å². The summed E-state index contributed by atoms with van der Waals surface area (Å²) in [5.41, 5.74) is 7.34.